The van der Waals surface area contributed by atoms with Gasteiger partial charge >= 0.3 is 0 Å². The fraction of sp³-hybridized carbons (Fsp3) is 0.462. The highest BCUT2D eigenvalue weighted by molar-refractivity contribution is 6.00. The van der Waals surface area contributed by atoms with Crippen molar-refractivity contribution < 1.29 is 9.18 Å². The van der Waals surface area contributed by atoms with Crippen molar-refractivity contribution in [1.82, 2.24) is 0 Å². The van der Waals surface area contributed by atoms with Crippen LogP contribution in [0.2, 0.25) is 0 Å². The van der Waals surface area contributed by atoms with Gasteiger partial charge in [0.05, 0.1) is 11.3 Å². The van der Waals surface area contributed by atoms with E-state index in [-0.39, 0.29) is 11.3 Å². The number of nitrogens with zero attached hydrogens (tertiary/aromatic N) is 1. The van der Waals surface area contributed by atoms with E-state index in [0.29, 0.717) is 6.04 Å². The molecule has 86 valence electrons. The number of benzene rings is 1. The zero-order valence-electron chi connectivity index (χ0n) is 9.66. The predicted molar refractivity (Wildman–Crippen MR) is 62.4 cm³/mol. The van der Waals surface area contributed by atoms with Gasteiger partial charge in [0.1, 0.15) is 5.82 Å². The molecule has 0 N–H and O–H groups in total. The van der Waals surface area contributed by atoms with Crippen molar-refractivity contribution in [3.63, 3.8) is 0 Å². The Morgan fingerprint density at radius 1 is 1.50 bits per heavy atom. The first-order valence-corrected chi connectivity index (χ1v) is 5.71. The lowest BCUT2D eigenvalue weighted by atomic mass is 10.1. The van der Waals surface area contributed by atoms with Crippen molar-refractivity contribution >= 4 is 11.5 Å². The molecule has 0 aromatic heterocycles. The van der Waals surface area contributed by atoms with E-state index in [1.807, 2.05) is 13.0 Å². The van der Waals surface area contributed by atoms with Crippen molar-refractivity contribution in [1.29, 1.82) is 0 Å². The van der Waals surface area contributed by atoms with Gasteiger partial charge in [-0.25, -0.2) is 4.39 Å². The Morgan fingerprint density at radius 3 is 2.69 bits per heavy atom. The molecule has 0 spiro atoms. The Bertz CT molecular complexity index is 412. The van der Waals surface area contributed by atoms with E-state index in [4.69, 9.17) is 0 Å². The third-order valence-corrected chi connectivity index (χ3v) is 2.98. The van der Waals surface area contributed by atoms with Crippen molar-refractivity contribution in [2.24, 2.45) is 0 Å². The summed E-state index contributed by atoms with van der Waals surface area (Å²) in [7, 11) is 0. The highest BCUT2D eigenvalue weighted by atomic mass is 19.1. The lowest BCUT2D eigenvalue weighted by molar-refractivity contribution is 0.101. The fourth-order valence-corrected chi connectivity index (χ4v) is 2.11. The number of anilines is 1. The number of carbonyl (C=O) groups excluding carboxylic acids is 1. The quantitative estimate of drug-likeness (QED) is 0.728. The van der Waals surface area contributed by atoms with Gasteiger partial charge in [-0.2, -0.15) is 0 Å². The normalized spacial score (nSPS) is 14.9. The van der Waals surface area contributed by atoms with Crippen LogP contribution in [0.1, 0.15) is 37.0 Å². The van der Waals surface area contributed by atoms with Crippen LogP contribution >= 0.6 is 0 Å². The van der Waals surface area contributed by atoms with Gasteiger partial charge in [0.2, 0.25) is 0 Å². The van der Waals surface area contributed by atoms with Crippen LogP contribution in [0.3, 0.4) is 0 Å². The van der Waals surface area contributed by atoms with Crippen molar-refractivity contribution in [3.05, 3.63) is 29.6 Å². The van der Waals surface area contributed by atoms with Crippen LogP contribution < -0.4 is 4.90 Å². The highest BCUT2D eigenvalue weighted by Crippen LogP contribution is 2.34. The second kappa shape index (κ2) is 4.24. The molecule has 0 radical (unpaired) electrons. The molecule has 0 atom stereocenters. The van der Waals surface area contributed by atoms with Gasteiger partial charge in [0.25, 0.3) is 0 Å². The zero-order valence-corrected chi connectivity index (χ0v) is 9.66. The minimum atomic E-state index is -0.413. The van der Waals surface area contributed by atoms with Gasteiger partial charge in [-0.15, -0.1) is 0 Å². The standard InChI is InChI=1S/C13H16FNO/c1-3-15(10-7-8-10)12-6-4-5-11(14)13(12)9(2)16/h4-6,10H,3,7-8H2,1-2H3. The summed E-state index contributed by atoms with van der Waals surface area (Å²) in [5.74, 6) is -0.615. The number of hydrogen-bond donors (Lipinski definition) is 0. The molecule has 1 aromatic carbocycles. The van der Waals surface area contributed by atoms with Crippen LogP contribution in [0.4, 0.5) is 10.1 Å². The minimum Gasteiger partial charge on any atom is -0.368 e. The van der Waals surface area contributed by atoms with Crippen LogP contribution in [0.25, 0.3) is 0 Å². The smallest absolute Gasteiger partial charge is 0.164 e. The largest absolute Gasteiger partial charge is 0.368 e. The van der Waals surface area contributed by atoms with E-state index in [0.717, 1.165) is 25.1 Å². The molecule has 0 amide bonds. The van der Waals surface area contributed by atoms with Gasteiger partial charge in [-0.1, -0.05) is 6.07 Å². The summed E-state index contributed by atoms with van der Waals surface area (Å²) in [6.07, 6.45) is 2.28. The summed E-state index contributed by atoms with van der Waals surface area (Å²) in [4.78, 5) is 13.6. The van der Waals surface area contributed by atoms with Crippen LogP contribution in [0.5, 0.6) is 0 Å². The Balaban J connectivity index is 2.45. The van der Waals surface area contributed by atoms with Crippen LogP contribution in [-0.4, -0.2) is 18.4 Å². The topological polar surface area (TPSA) is 20.3 Å². The molecule has 16 heavy (non-hydrogen) atoms. The molecular formula is C13H16FNO. The summed E-state index contributed by atoms with van der Waals surface area (Å²) in [6.45, 7) is 4.27. The predicted octanol–water partition coefficient (Wildman–Crippen LogP) is 3.02. The third-order valence-electron chi connectivity index (χ3n) is 2.98. The average molecular weight is 221 g/mol. The third kappa shape index (κ3) is 1.94. The monoisotopic (exact) mass is 221 g/mol. The second-order valence-electron chi connectivity index (χ2n) is 4.21. The summed E-state index contributed by atoms with van der Waals surface area (Å²) in [6, 6.07) is 5.34. The number of hydrogen-bond acceptors (Lipinski definition) is 2. The number of Topliss-reactive ketones (excluding diaryl/α,β-unsaturated/α-hetero) is 1. The molecule has 1 aliphatic carbocycles. The van der Waals surface area contributed by atoms with Crippen LogP contribution in [0.15, 0.2) is 18.2 Å². The summed E-state index contributed by atoms with van der Waals surface area (Å²) in [5, 5.41) is 0. The fourth-order valence-electron chi connectivity index (χ4n) is 2.11. The van der Waals surface area contributed by atoms with Crippen LogP contribution in [0, 0.1) is 5.82 Å². The molecule has 2 rings (SSSR count). The second-order valence-corrected chi connectivity index (χ2v) is 4.21. The lowest BCUT2D eigenvalue weighted by Gasteiger charge is -2.25. The molecule has 0 saturated heterocycles. The van der Waals surface area contributed by atoms with E-state index in [9.17, 15) is 9.18 Å². The Labute approximate surface area is 95.1 Å². The molecule has 1 saturated carbocycles. The average Bonchev–Trinajstić information content (AvgIpc) is 3.02. The molecule has 0 aliphatic heterocycles. The maximum Gasteiger partial charge on any atom is 0.164 e. The SMILES string of the molecule is CCN(c1cccc(F)c1C(C)=O)C1CC1. The number of ketones is 1. The zero-order chi connectivity index (χ0) is 11.7. The molecular weight excluding hydrogens is 205 g/mol. The molecule has 2 nitrogen and oxygen atoms in total. The first kappa shape index (κ1) is 11.1. The van der Waals surface area contributed by atoms with Gasteiger partial charge in [-0.05, 0) is 38.8 Å². The van der Waals surface area contributed by atoms with Gasteiger partial charge in [0, 0.05) is 12.6 Å². The molecule has 0 unspecified atom stereocenters. The summed E-state index contributed by atoms with van der Waals surface area (Å²) >= 11 is 0. The van der Waals surface area contributed by atoms with E-state index in [1.165, 1.54) is 13.0 Å². The first-order chi connectivity index (χ1) is 7.65. The van der Waals surface area contributed by atoms with E-state index in [2.05, 4.69) is 4.90 Å². The van der Waals surface area contributed by atoms with Crippen molar-refractivity contribution in [2.45, 2.75) is 32.7 Å². The van der Waals surface area contributed by atoms with E-state index < -0.39 is 5.82 Å². The molecule has 3 heteroatoms. The van der Waals surface area contributed by atoms with Crippen molar-refractivity contribution in [3.8, 4) is 0 Å². The first-order valence-electron chi connectivity index (χ1n) is 5.71. The van der Waals surface area contributed by atoms with E-state index >= 15 is 0 Å². The number of carbonyl (C=O) groups is 1. The molecule has 0 bridgehead atoms. The Kier molecular flexibility index (Phi) is 2.95. The molecule has 0 heterocycles. The van der Waals surface area contributed by atoms with E-state index in [1.54, 1.807) is 6.07 Å². The molecule has 1 aromatic rings. The lowest BCUT2D eigenvalue weighted by Crippen LogP contribution is -2.27. The number of rotatable bonds is 4. The van der Waals surface area contributed by atoms with Gasteiger partial charge in [-0.3, -0.25) is 4.79 Å². The van der Waals surface area contributed by atoms with Gasteiger partial charge < -0.3 is 4.90 Å². The van der Waals surface area contributed by atoms with Gasteiger partial charge in [0.15, 0.2) is 5.78 Å². The maximum absolute atomic E-state index is 13.6. The molecule has 1 fully saturated rings. The summed E-state index contributed by atoms with van der Waals surface area (Å²) < 4.78 is 13.6. The summed E-state index contributed by atoms with van der Waals surface area (Å²) in [5.41, 5.74) is 0.980. The highest BCUT2D eigenvalue weighted by Gasteiger charge is 2.30. The minimum absolute atomic E-state index is 0.202. The van der Waals surface area contributed by atoms with Crippen molar-refractivity contribution in [2.75, 3.05) is 11.4 Å². The Morgan fingerprint density at radius 2 is 2.19 bits per heavy atom. The number of halogens is 1. The maximum atomic E-state index is 13.6. The Hall–Kier alpha value is -1.38. The van der Waals surface area contributed by atoms with Crippen LogP contribution in [-0.2, 0) is 0 Å². The molecule has 1 aliphatic rings.